The quantitative estimate of drug-likeness (QED) is 0.864. The van der Waals surface area contributed by atoms with Crippen LogP contribution >= 0.6 is 0 Å². The van der Waals surface area contributed by atoms with E-state index >= 15 is 0 Å². The van der Waals surface area contributed by atoms with Crippen molar-refractivity contribution in [2.24, 2.45) is 0 Å². The predicted octanol–water partition coefficient (Wildman–Crippen LogP) is 2.04. The summed E-state index contributed by atoms with van der Waals surface area (Å²) in [6.45, 7) is 4.28. The second-order valence-electron chi connectivity index (χ2n) is 4.67. The van der Waals surface area contributed by atoms with Crippen molar-refractivity contribution in [2.75, 3.05) is 20.7 Å². The van der Waals surface area contributed by atoms with E-state index in [0.717, 1.165) is 5.56 Å². The zero-order chi connectivity index (χ0) is 13.8. The number of benzene rings is 1. The number of hydrogen-bond acceptors (Lipinski definition) is 2. The Morgan fingerprint density at radius 3 is 2.61 bits per heavy atom. The Balaban J connectivity index is 2.84. The number of carbonyl (C=O) groups is 1. The highest BCUT2D eigenvalue weighted by Gasteiger charge is 2.22. The number of methoxy groups -OCH3 is 1. The van der Waals surface area contributed by atoms with Crippen LogP contribution < -0.4 is 15.4 Å². The molecule has 0 atom stereocenters. The van der Waals surface area contributed by atoms with Crippen molar-refractivity contribution in [3.8, 4) is 5.75 Å². The van der Waals surface area contributed by atoms with Gasteiger partial charge in [0.25, 0.3) is 0 Å². The number of amides is 2. The van der Waals surface area contributed by atoms with E-state index in [4.69, 9.17) is 4.74 Å². The van der Waals surface area contributed by atoms with Crippen molar-refractivity contribution in [2.45, 2.75) is 19.3 Å². The summed E-state index contributed by atoms with van der Waals surface area (Å²) in [4.78, 5) is 11.1. The topological polar surface area (TPSA) is 50.4 Å². The summed E-state index contributed by atoms with van der Waals surface area (Å²) in [5.74, 6) is -0.183. The van der Waals surface area contributed by atoms with E-state index in [1.165, 1.54) is 13.2 Å². The van der Waals surface area contributed by atoms with Gasteiger partial charge in [-0.05, 0) is 17.7 Å². The normalized spacial score (nSPS) is 10.9. The summed E-state index contributed by atoms with van der Waals surface area (Å²) >= 11 is 0. The lowest BCUT2D eigenvalue weighted by Gasteiger charge is -2.25. The molecule has 4 nitrogen and oxygen atoms in total. The molecule has 0 fully saturated rings. The molecule has 0 heterocycles. The molecule has 18 heavy (non-hydrogen) atoms. The Labute approximate surface area is 107 Å². The van der Waals surface area contributed by atoms with Crippen molar-refractivity contribution < 1.29 is 13.9 Å². The average Bonchev–Trinajstić information content (AvgIpc) is 2.35. The number of rotatable bonds is 4. The maximum atomic E-state index is 13.6. The molecule has 0 saturated heterocycles. The fraction of sp³-hybridized carbons (Fsp3) is 0.462. The number of carbonyl (C=O) groups excluding carboxylic acids is 1. The number of nitrogens with one attached hydrogen (secondary N) is 2. The Hall–Kier alpha value is -1.78. The predicted molar refractivity (Wildman–Crippen MR) is 68.4 cm³/mol. The van der Waals surface area contributed by atoms with Crippen LogP contribution in [0.4, 0.5) is 9.18 Å². The van der Waals surface area contributed by atoms with Gasteiger partial charge in [-0.1, -0.05) is 19.9 Å². The van der Waals surface area contributed by atoms with Gasteiger partial charge in [0.15, 0.2) is 11.6 Å². The minimum atomic E-state index is -0.400. The van der Waals surface area contributed by atoms with Crippen LogP contribution in [0, 0.1) is 5.82 Å². The molecule has 0 radical (unpaired) electrons. The summed E-state index contributed by atoms with van der Waals surface area (Å²) < 4.78 is 18.5. The van der Waals surface area contributed by atoms with E-state index in [9.17, 15) is 9.18 Å². The van der Waals surface area contributed by atoms with Crippen LogP contribution in [0.3, 0.4) is 0 Å². The van der Waals surface area contributed by atoms with E-state index in [-0.39, 0.29) is 17.2 Å². The lowest BCUT2D eigenvalue weighted by atomic mass is 9.84. The van der Waals surface area contributed by atoms with Crippen molar-refractivity contribution in [1.29, 1.82) is 0 Å². The molecule has 2 N–H and O–H groups in total. The number of ether oxygens (including phenoxy) is 1. The summed E-state index contributed by atoms with van der Waals surface area (Å²) in [6.07, 6.45) is 0. The van der Waals surface area contributed by atoms with Gasteiger partial charge < -0.3 is 15.4 Å². The molecule has 0 unspecified atom stereocenters. The second kappa shape index (κ2) is 5.71. The summed E-state index contributed by atoms with van der Waals surface area (Å²) in [5, 5.41) is 5.19. The van der Waals surface area contributed by atoms with Crippen LogP contribution in [-0.4, -0.2) is 26.7 Å². The molecule has 0 aliphatic rings. The van der Waals surface area contributed by atoms with E-state index in [0.29, 0.717) is 6.54 Å². The number of halogens is 1. The third kappa shape index (κ3) is 3.35. The molecule has 0 bridgehead atoms. The zero-order valence-corrected chi connectivity index (χ0v) is 11.1. The third-order valence-corrected chi connectivity index (χ3v) is 2.85. The molecule has 1 rings (SSSR count). The van der Waals surface area contributed by atoms with Crippen LogP contribution in [0.1, 0.15) is 19.4 Å². The minimum Gasteiger partial charge on any atom is -0.494 e. The summed E-state index contributed by atoms with van der Waals surface area (Å²) in [5.41, 5.74) is 0.441. The molecule has 2 amide bonds. The van der Waals surface area contributed by atoms with Gasteiger partial charge in [-0.15, -0.1) is 0 Å². The lowest BCUT2D eigenvalue weighted by Crippen LogP contribution is -2.41. The van der Waals surface area contributed by atoms with E-state index in [2.05, 4.69) is 10.6 Å². The van der Waals surface area contributed by atoms with E-state index in [1.807, 2.05) is 13.8 Å². The molecule has 0 aromatic heterocycles. The molecule has 0 saturated carbocycles. The summed E-state index contributed by atoms with van der Waals surface area (Å²) in [6, 6.07) is 4.57. The van der Waals surface area contributed by atoms with Gasteiger partial charge in [0, 0.05) is 19.0 Å². The number of urea groups is 1. The monoisotopic (exact) mass is 254 g/mol. The number of hydrogen-bond donors (Lipinski definition) is 2. The minimum absolute atomic E-state index is 0.216. The molecule has 0 aliphatic carbocycles. The van der Waals surface area contributed by atoms with Crippen LogP contribution in [0.5, 0.6) is 5.75 Å². The second-order valence-corrected chi connectivity index (χ2v) is 4.67. The Bertz CT molecular complexity index is 433. The molecule has 1 aromatic rings. The highest BCUT2D eigenvalue weighted by atomic mass is 19.1. The van der Waals surface area contributed by atoms with Crippen molar-refractivity contribution >= 4 is 6.03 Å². The van der Waals surface area contributed by atoms with Crippen molar-refractivity contribution in [1.82, 2.24) is 10.6 Å². The molecule has 1 aromatic carbocycles. The van der Waals surface area contributed by atoms with Gasteiger partial charge in [-0.2, -0.15) is 0 Å². The van der Waals surface area contributed by atoms with Crippen LogP contribution in [-0.2, 0) is 5.41 Å². The van der Waals surface area contributed by atoms with Crippen LogP contribution in [0.25, 0.3) is 0 Å². The molecule has 100 valence electrons. The van der Waals surface area contributed by atoms with Crippen molar-refractivity contribution in [3.63, 3.8) is 0 Å². The average molecular weight is 254 g/mol. The van der Waals surface area contributed by atoms with Gasteiger partial charge in [-0.3, -0.25) is 0 Å². The Morgan fingerprint density at radius 1 is 1.44 bits per heavy atom. The largest absolute Gasteiger partial charge is 0.494 e. The van der Waals surface area contributed by atoms with Crippen LogP contribution in [0.15, 0.2) is 18.2 Å². The van der Waals surface area contributed by atoms with Crippen LogP contribution in [0.2, 0.25) is 0 Å². The van der Waals surface area contributed by atoms with E-state index in [1.54, 1.807) is 19.2 Å². The highest BCUT2D eigenvalue weighted by Crippen LogP contribution is 2.26. The Kier molecular flexibility index (Phi) is 4.53. The van der Waals surface area contributed by atoms with Gasteiger partial charge in [0.2, 0.25) is 0 Å². The Morgan fingerprint density at radius 2 is 2.11 bits per heavy atom. The zero-order valence-electron chi connectivity index (χ0n) is 11.1. The molecule has 5 heteroatoms. The molecular weight excluding hydrogens is 235 g/mol. The molecule has 0 spiro atoms. The van der Waals surface area contributed by atoms with Gasteiger partial charge in [0.05, 0.1) is 7.11 Å². The van der Waals surface area contributed by atoms with E-state index < -0.39 is 5.82 Å². The van der Waals surface area contributed by atoms with Gasteiger partial charge >= 0.3 is 6.03 Å². The SMILES string of the molecule is CNC(=O)NCC(C)(C)c1ccc(OC)c(F)c1. The van der Waals surface area contributed by atoms with Gasteiger partial charge in [0.1, 0.15) is 0 Å². The first kappa shape index (κ1) is 14.3. The molecule has 0 aliphatic heterocycles. The fourth-order valence-corrected chi connectivity index (χ4v) is 1.58. The third-order valence-electron chi connectivity index (χ3n) is 2.85. The fourth-order valence-electron chi connectivity index (χ4n) is 1.58. The smallest absolute Gasteiger partial charge is 0.314 e. The summed E-state index contributed by atoms with van der Waals surface area (Å²) in [7, 11) is 2.98. The first-order valence-corrected chi connectivity index (χ1v) is 5.70. The maximum absolute atomic E-state index is 13.6. The van der Waals surface area contributed by atoms with Gasteiger partial charge in [-0.25, -0.2) is 9.18 Å². The first-order valence-electron chi connectivity index (χ1n) is 5.70. The maximum Gasteiger partial charge on any atom is 0.314 e. The molecular formula is C13H19FN2O2. The lowest BCUT2D eigenvalue weighted by molar-refractivity contribution is 0.240. The standard InChI is InChI=1S/C13H19FN2O2/c1-13(2,8-16-12(17)15-3)9-5-6-11(18-4)10(14)7-9/h5-7H,8H2,1-4H3,(H2,15,16,17). The van der Waals surface area contributed by atoms with Crippen molar-refractivity contribution in [3.05, 3.63) is 29.6 Å². The first-order chi connectivity index (χ1) is 8.40. The highest BCUT2D eigenvalue weighted by molar-refractivity contribution is 5.73.